The lowest BCUT2D eigenvalue weighted by Gasteiger charge is -2.16. The number of amides is 1. The molecule has 0 saturated carbocycles. The first-order chi connectivity index (χ1) is 15.6. The van der Waals surface area contributed by atoms with Gasteiger partial charge in [-0.2, -0.15) is 5.10 Å². The van der Waals surface area contributed by atoms with Crippen molar-refractivity contribution < 1.29 is 19.4 Å². The second kappa shape index (κ2) is 10.5. The minimum atomic E-state index is -0.836. The van der Waals surface area contributed by atoms with Crippen LogP contribution in [0.4, 0.5) is 0 Å². The zero-order valence-corrected chi connectivity index (χ0v) is 18.2. The van der Waals surface area contributed by atoms with Gasteiger partial charge >= 0.3 is 0 Å². The van der Waals surface area contributed by atoms with Crippen molar-refractivity contribution in [2.24, 2.45) is 5.10 Å². The number of hydrogen-bond donors (Lipinski definition) is 4. The number of benzene rings is 2. The topological polar surface area (TPSA) is 108 Å². The normalized spacial score (nSPS) is 14.7. The van der Waals surface area contributed by atoms with Gasteiger partial charge in [-0.05, 0) is 48.4 Å². The summed E-state index contributed by atoms with van der Waals surface area (Å²) in [5.41, 5.74) is 5.12. The third-order valence-electron chi connectivity index (χ3n) is 5.08. The van der Waals surface area contributed by atoms with Gasteiger partial charge in [-0.15, -0.1) is 0 Å². The summed E-state index contributed by atoms with van der Waals surface area (Å²) >= 11 is 6.31. The number of carbonyl (C=O) groups is 1. The van der Waals surface area contributed by atoms with Gasteiger partial charge in [0.25, 0.3) is 0 Å². The summed E-state index contributed by atoms with van der Waals surface area (Å²) in [6.45, 7) is 1.16. The van der Waals surface area contributed by atoms with E-state index in [1.165, 1.54) is 0 Å². The third-order valence-corrected chi connectivity index (χ3v) is 5.38. The van der Waals surface area contributed by atoms with Gasteiger partial charge in [0.15, 0.2) is 0 Å². The lowest BCUT2D eigenvalue weighted by atomic mass is 10.0. The number of aliphatic hydroxyl groups excluding tert-OH is 1. The number of rotatable bonds is 10. The molecule has 1 amide bonds. The fourth-order valence-electron chi connectivity index (χ4n) is 3.41. The van der Waals surface area contributed by atoms with E-state index < -0.39 is 6.23 Å². The van der Waals surface area contributed by atoms with Crippen LogP contribution in [-0.2, 0) is 4.79 Å². The largest absolute Gasteiger partial charge is 0.493 e. The average molecular weight is 457 g/mol. The number of nitrogens with zero attached hydrogens (tertiary/aromatic N) is 1. The quantitative estimate of drug-likeness (QED) is 0.277. The molecule has 3 aromatic rings. The van der Waals surface area contributed by atoms with E-state index in [1.807, 2.05) is 36.5 Å². The monoisotopic (exact) mass is 456 g/mol. The predicted octanol–water partition coefficient (Wildman–Crippen LogP) is 3.19. The van der Waals surface area contributed by atoms with Crippen LogP contribution >= 0.6 is 11.6 Å². The molecule has 1 aromatic heterocycles. The molecule has 0 bridgehead atoms. The van der Waals surface area contributed by atoms with E-state index in [9.17, 15) is 9.90 Å². The summed E-state index contributed by atoms with van der Waals surface area (Å²) in [6, 6.07) is 13.2. The van der Waals surface area contributed by atoms with E-state index in [0.717, 1.165) is 34.3 Å². The molecule has 9 heteroatoms. The lowest BCUT2D eigenvalue weighted by Crippen LogP contribution is -2.35. The Morgan fingerprint density at radius 1 is 1.16 bits per heavy atom. The van der Waals surface area contributed by atoms with E-state index in [0.29, 0.717) is 36.8 Å². The molecule has 0 saturated heterocycles. The maximum absolute atomic E-state index is 11.2. The second-order valence-electron chi connectivity index (χ2n) is 7.42. The first-order valence-corrected chi connectivity index (χ1v) is 10.9. The van der Waals surface area contributed by atoms with Crippen LogP contribution in [0.15, 0.2) is 53.8 Å². The number of halogens is 1. The Hall–Kier alpha value is -3.07. The second-order valence-corrected chi connectivity index (χ2v) is 7.82. The van der Waals surface area contributed by atoms with Crippen molar-refractivity contribution in [1.82, 2.24) is 15.7 Å². The van der Waals surface area contributed by atoms with Crippen molar-refractivity contribution in [3.63, 3.8) is 0 Å². The van der Waals surface area contributed by atoms with Crippen LogP contribution in [-0.4, -0.2) is 47.7 Å². The maximum Gasteiger partial charge on any atom is 0.240 e. The minimum absolute atomic E-state index is 0.0551. The number of aromatic nitrogens is 1. The number of nitrogens with one attached hydrogen (secondary N) is 3. The molecule has 168 valence electrons. The number of hydrazone groups is 1. The molecular weight excluding hydrogens is 432 g/mol. The molecule has 1 aliphatic heterocycles. The zero-order chi connectivity index (χ0) is 22.3. The molecule has 2 aromatic carbocycles. The number of carbonyl (C=O) groups excluding carboxylic acids is 1. The summed E-state index contributed by atoms with van der Waals surface area (Å²) < 4.78 is 11.5. The summed E-state index contributed by atoms with van der Waals surface area (Å²) in [6.07, 6.45) is 2.75. The number of aliphatic hydroxyl groups is 1. The highest BCUT2D eigenvalue weighted by molar-refractivity contribution is 6.32. The number of H-pyrrole nitrogens is 1. The molecule has 0 radical (unpaired) electrons. The Labute approximate surface area is 190 Å². The molecule has 1 aliphatic rings. The van der Waals surface area contributed by atoms with Gasteiger partial charge in [-0.1, -0.05) is 17.7 Å². The van der Waals surface area contributed by atoms with E-state index in [2.05, 4.69) is 20.8 Å². The SMILES string of the molecule is O=C1CCC(c2ccc(OCC(O)NCCCOc3cccc4[nH]ccc34)c(Cl)c2)=NN1. The van der Waals surface area contributed by atoms with Crippen molar-refractivity contribution in [2.75, 3.05) is 19.8 Å². The van der Waals surface area contributed by atoms with Gasteiger partial charge in [0.05, 0.1) is 17.3 Å². The van der Waals surface area contributed by atoms with E-state index >= 15 is 0 Å². The number of ether oxygens (including phenoxy) is 2. The molecule has 0 fully saturated rings. The zero-order valence-electron chi connectivity index (χ0n) is 17.4. The highest BCUT2D eigenvalue weighted by atomic mass is 35.5. The van der Waals surface area contributed by atoms with Crippen molar-refractivity contribution in [3.8, 4) is 11.5 Å². The Morgan fingerprint density at radius 3 is 2.88 bits per heavy atom. The van der Waals surface area contributed by atoms with Crippen LogP contribution in [0.2, 0.25) is 5.02 Å². The molecule has 1 atom stereocenters. The molecule has 1 unspecified atom stereocenters. The first-order valence-electron chi connectivity index (χ1n) is 10.5. The molecule has 0 aliphatic carbocycles. The Kier molecular flexibility index (Phi) is 7.26. The summed E-state index contributed by atoms with van der Waals surface area (Å²) in [5.74, 6) is 1.22. The van der Waals surface area contributed by atoms with Crippen LogP contribution in [0.1, 0.15) is 24.8 Å². The van der Waals surface area contributed by atoms with Crippen LogP contribution < -0.4 is 20.2 Å². The van der Waals surface area contributed by atoms with Gasteiger partial charge in [0.2, 0.25) is 5.91 Å². The van der Waals surface area contributed by atoms with Crippen molar-refractivity contribution in [3.05, 3.63) is 59.2 Å². The Morgan fingerprint density at radius 2 is 2.06 bits per heavy atom. The third kappa shape index (κ3) is 5.59. The predicted molar refractivity (Wildman–Crippen MR) is 123 cm³/mol. The van der Waals surface area contributed by atoms with E-state index in [1.54, 1.807) is 12.1 Å². The van der Waals surface area contributed by atoms with Crippen molar-refractivity contribution in [2.45, 2.75) is 25.5 Å². The number of fused-ring (bicyclic) bond motifs is 1. The molecule has 32 heavy (non-hydrogen) atoms. The summed E-state index contributed by atoms with van der Waals surface area (Å²) in [4.78, 5) is 14.4. The lowest BCUT2D eigenvalue weighted by molar-refractivity contribution is -0.121. The molecule has 2 heterocycles. The molecule has 4 N–H and O–H groups in total. The standard InChI is InChI=1S/C23H25ClN4O4/c24-17-13-15(18-6-8-22(29)28-27-18)5-7-21(17)32-14-23(30)26-10-2-12-31-20-4-1-3-19-16(20)9-11-25-19/h1,3-5,7,9,11,13,23,25-26,30H,2,6,8,10,12,14H2,(H,28,29). The van der Waals surface area contributed by atoms with Gasteiger partial charge in [0.1, 0.15) is 24.3 Å². The molecule has 8 nitrogen and oxygen atoms in total. The van der Waals surface area contributed by atoms with Crippen LogP contribution in [0.5, 0.6) is 11.5 Å². The summed E-state index contributed by atoms with van der Waals surface area (Å²) in [5, 5.41) is 18.7. The van der Waals surface area contributed by atoms with Crippen LogP contribution in [0, 0.1) is 0 Å². The molecular formula is C23H25ClN4O4. The van der Waals surface area contributed by atoms with Crippen LogP contribution in [0.25, 0.3) is 10.9 Å². The Bertz CT molecular complexity index is 1110. The summed E-state index contributed by atoms with van der Waals surface area (Å²) in [7, 11) is 0. The van der Waals surface area contributed by atoms with Gasteiger partial charge in [0, 0.05) is 36.5 Å². The maximum atomic E-state index is 11.2. The minimum Gasteiger partial charge on any atom is -0.493 e. The molecule has 4 rings (SSSR count). The molecule has 0 spiro atoms. The van der Waals surface area contributed by atoms with E-state index in [4.69, 9.17) is 21.1 Å². The van der Waals surface area contributed by atoms with E-state index in [-0.39, 0.29) is 12.5 Å². The highest BCUT2D eigenvalue weighted by Crippen LogP contribution is 2.27. The average Bonchev–Trinajstić information content (AvgIpc) is 3.28. The van der Waals surface area contributed by atoms with Gasteiger partial charge < -0.3 is 19.6 Å². The number of aromatic amines is 1. The van der Waals surface area contributed by atoms with Crippen LogP contribution in [0.3, 0.4) is 0 Å². The Balaban J connectivity index is 1.17. The van der Waals surface area contributed by atoms with Gasteiger partial charge in [-0.3, -0.25) is 10.1 Å². The van der Waals surface area contributed by atoms with Crippen molar-refractivity contribution >= 4 is 34.1 Å². The fraction of sp³-hybridized carbons (Fsp3) is 0.304. The van der Waals surface area contributed by atoms with Crippen molar-refractivity contribution in [1.29, 1.82) is 0 Å². The fourth-order valence-corrected chi connectivity index (χ4v) is 3.65. The number of hydrogen-bond acceptors (Lipinski definition) is 6. The smallest absolute Gasteiger partial charge is 0.240 e. The van der Waals surface area contributed by atoms with Gasteiger partial charge in [-0.25, -0.2) is 5.43 Å². The highest BCUT2D eigenvalue weighted by Gasteiger charge is 2.15. The first kappa shape index (κ1) is 22.1.